The number of Topliss-reactive ketones (excluding diaryl/α,β-unsaturated/α-hetero) is 1. The van der Waals surface area contributed by atoms with Crippen molar-refractivity contribution in [3.63, 3.8) is 0 Å². The van der Waals surface area contributed by atoms with E-state index in [1.165, 1.54) is 0 Å². The molecule has 47 heavy (non-hydrogen) atoms. The van der Waals surface area contributed by atoms with Crippen molar-refractivity contribution >= 4 is 61.1 Å². The molecule has 10 nitrogen and oxygen atoms in total. The van der Waals surface area contributed by atoms with Gasteiger partial charge in [-0.1, -0.05) is 62.9 Å². The molecule has 0 amide bonds. The van der Waals surface area contributed by atoms with Gasteiger partial charge in [-0.25, -0.2) is 4.39 Å². The number of piperidine rings is 1. The second-order valence-electron chi connectivity index (χ2n) is 11.8. The van der Waals surface area contributed by atoms with Gasteiger partial charge < -0.3 is 21.1 Å². The third-order valence-corrected chi connectivity index (χ3v) is 8.33. The highest BCUT2D eigenvalue weighted by molar-refractivity contribution is 7.59. The Morgan fingerprint density at radius 2 is 1.96 bits per heavy atom. The molecule has 0 radical (unpaired) electrons. The van der Waals surface area contributed by atoms with E-state index in [4.69, 9.17) is 15.0 Å². The molecule has 13 heteroatoms. The maximum absolute atomic E-state index is 13.3. The van der Waals surface area contributed by atoms with Crippen LogP contribution in [0.2, 0.25) is 0 Å². The fourth-order valence-electron chi connectivity index (χ4n) is 5.77. The molecule has 0 unspecified atom stereocenters. The van der Waals surface area contributed by atoms with Crippen LogP contribution in [-0.2, 0) is 17.8 Å². The minimum absolute atomic E-state index is 0. The Hall–Kier alpha value is -4.04. The molecule has 1 aliphatic heterocycles. The van der Waals surface area contributed by atoms with Crippen LogP contribution in [-0.4, -0.2) is 61.2 Å². The zero-order valence-electron chi connectivity index (χ0n) is 26.4. The summed E-state index contributed by atoms with van der Waals surface area (Å²) in [7, 11) is 0. The highest BCUT2D eigenvalue weighted by atomic mass is 32.1. The molecule has 0 bridgehead atoms. The van der Waals surface area contributed by atoms with Crippen molar-refractivity contribution in [1.82, 2.24) is 29.9 Å². The molecule has 248 valence electrons. The molecule has 1 fully saturated rings. The van der Waals surface area contributed by atoms with E-state index in [1.807, 2.05) is 54.7 Å². The Kier molecular flexibility index (Phi) is 12.0. The number of β-amino-alcohol motifs (C(OH)–C–C–N with tert-alkyl or cyclic N) is 1. The van der Waals surface area contributed by atoms with Crippen LogP contribution >= 0.6 is 27.0 Å². The topological polar surface area (TPSA) is 129 Å². The molecular weight excluding hydrogens is 636 g/mol. The molecule has 0 aliphatic carbocycles. The van der Waals surface area contributed by atoms with Crippen molar-refractivity contribution in [2.45, 2.75) is 45.3 Å². The van der Waals surface area contributed by atoms with E-state index < -0.39 is 17.7 Å². The van der Waals surface area contributed by atoms with Crippen LogP contribution in [0, 0.1) is 5.92 Å². The van der Waals surface area contributed by atoms with Gasteiger partial charge >= 0.3 is 0 Å². The number of aliphatic hydroxyl groups is 1. The first-order valence-corrected chi connectivity index (χ1v) is 15.2. The van der Waals surface area contributed by atoms with Crippen LogP contribution in [0.15, 0.2) is 73.3 Å². The second kappa shape index (κ2) is 15.7. The van der Waals surface area contributed by atoms with Crippen LogP contribution in [0.5, 0.6) is 0 Å². The molecule has 1 aliphatic rings. The highest BCUT2D eigenvalue weighted by Gasteiger charge is 2.23. The van der Waals surface area contributed by atoms with Gasteiger partial charge in [-0.2, -0.15) is 46.6 Å². The first-order chi connectivity index (χ1) is 21.8. The molecule has 0 saturated carbocycles. The summed E-state index contributed by atoms with van der Waals surface area (Å²) in [6, 6.07) is 15.6. The van der Waals surface area contributed by atoms with Crippen molar-refractivity contribution in [3.05, 3.63) is 90.0 Å². The van der Waals surface area contributed by atoms with E-state index in [0.29, 0.717) is 37.1 Å². The summed E-state index contributed by atoms with van der Waals surface area (Å²) in [4.78, 5) is 26.2. The lowest BCUT2D eigenvalue weighted by molar-refractivity contribution is -0.116. The monoisotopic (exact) mass is 676 g/mol. The number of carbonyl (C=O) groups excluding carboxylic acids is 1. The van der Waals surface area contributed by atoms with E-state index in [0.717, 1.165) is 51.8 Å². The van der Waals surface area contributed by atoms with E-state index >= 15 is 0 Å². The summed E-state index contributed by atoms with van der Waals surface area (Å²) in [5.74, 6) is -0.211. The van der Waals surface area contributed by atoms with Gasteiger partial charge in [-0.05, 0) is 41.5 Å². The zero-order chi connectivity index (χ0) is 31.5. The number of aromatic nitrogens is 5. The first-order valence-electron chi connectivity index (χ1n) is 15.2. The van der Waals surface area contributed by atoms with Crippen molar-refractivity contribution < 1.29 is 14.3 Å². The van der Waals surface area contributed by atoms with Crippen molar-refractivity contribution in [1.29, 1.82) is 0 Å². The van der Waals surface area contributed by atoms with Crippen LogP contribution in [0.4, 0.5) is 16.3 Å². The number of allylic oxidation sites excluding steroid dienone is 1. The maximum Gasteiger partial charge on any atom is 0.229 e. The Balaban J connectivity index is 0.00000250. The summed E-state index contributed by atoms with van der Waals surface area (Å²) in [6.07, 6.45) is 3.98. The number of fused-ring (bicyclic) bond motifs is 2. The van der Waals surface area contributed by atoms with E-state index in [2.05, 4.69) is 41.5 Å². The predicted octanol–water partition coefficient (Wildman–Crippen LogP) is 5.28. The third-order valence-electron chi connectivity index (χ3n) is 8.33. The van der Waals surface area contributed by atoms with Gasteiger partial charge in [0.05, 0.1) is 18.0 Å². The standard InChI is InChI=1S/C34H37FN8O2.2H2S/c1-20(2)28-18-40-43-32(28)41-33(38-17-25-10-12-36-19-30(25)45)42-34(43)39-16-24-6-4-5-7-26(24)31-27-9-8-22(15-29(44)21(3)35)14-23(27)11-13-37-31;;/h4-9,11,13-14,18,20,25,30,36,45H,3,10,12,15-17,19H2,1-2H3,(H2,38,39,41,42);2*1H2/t25-,30+;;/m0../s1. The van der Waals surface area contributed by atoms with E-state index in [1.54, 1.807) is 10.7 Å². The molecule has 0 spiro atoms. The second-order valence-corrected chi connectivity index (χ2v) is 11.8. The number of pyridine rings is 1. The highest BCUT2D eigenvalue weighted by Crippen LogP contribution is 2.31. The lowest BCUT2D eigenvalue weighted by atomic mass is 9.95. The number of rotatable bonds is 11. The largest absolute Gasteiger partial charge is 0.391 e. The van der Waals surface area contributed by atoms with Gasteiger partial charge in [-0.3, -0.25) is 9.78 Å². The van der Waals surface area contributed by atoms with Crippen LogP contribution in [0.25, 0.3) is 27.7 Å². The quantitative estimate of drug-likeness (QED) is 0.138. The molecule has 5 aromatic rings. The molecule has 1 saturated heterocycles. The van der Waals surface area contributed by atoms with Gasteiger partial charge in [0.15, 0.2) is 17.3 Å². The lowest BCUT2D eigenvalue weighted by Crippen LogP contribution is -2.43. The minimum atomic E-state index is -0.938. The molecule has 3 aromatic heterocycles. The number of nitrogens with one attached hydrogen (secondary N) is 3. The first kappa shape index (κ1) is 35.8. The SMILES string of the molecule is C=C(F)C(=O)Cc1ccc2c(-c3ccccc3CNc3nc(NC[C@@H]4CCNC[C@H]4O)nc4c(C(C)C)cnn34)nccc2c1.S.S. The summed E-state index contributed by atoms with van der Waals surface area (Å²) in [6.45, 7) is 9.80. The molecule has 2 aromatic carbocycles. The fourth-order valence-corrected chi connectivity index (χ4v) is 5.77. The molecule has 4 heterocycles. The van der Waals surface area contributed by atoms with Crippen molar-refractivity contribution in [2.24, 2.45) is 5.92 Å². The average molecular weight is 677 g/mol. The number of nitrogens with zero attached hydrogens (tertiary/aromatic N) is 5. The van der Waals surface area contributed by atoms with Gasteiger partial charge in [-0.15, -0.1) is 0 Å². The minimum Gasteiger partial charge on any atom is -0.391 e. The van der Waals surface area contributed by atoms with Gasteiger partial charge in [0, 0.05) is 54.7 Å². The lowest BCUT2D eigenvalue weighted by Gasteiger charge is -2.28. The van der Waals surface area contributed by atoms with Crippen LogP contribution < -0.4 is 16.0 Å². The maximum atomic E-state index is 13.3. The Morgan fingerprint density at radius 3 is 2.72 bits per heavy atom. The summed E-state index contributed by atoms with van der Waals surface area (Å²) >= 11 is 0. The average Bonchev–Trinajstić information content (AvgIpc) is 3.48. The third kappa shape index (κ3) is 7.92. The number of ketones is 1. The van der Waals surface area contributed by atoms with Crippen molar-refractivity contribution in [2.75, 3.05) is 30.3 Å². The molecule has 2 atom stereocenters. The number of hydrogen-bond acceptors (Lipinski definition) is 9. The number of carbonyl (C=O) groups is 1. The normalized spacial score (nSPS) is 16.0. The Labute approximate surface area is 287 Å². The van der Waals surface area contributed by atoms with Gasteiger partial charge in [0.1, 0.15) is 0 Å². The van der Waals surface area contributed by atoms with E-state index in [-0.39, 0.29) is 45.2 Å². The summed E-state index contributed by atoms with van der Waals surface area (Å²) < 4.78 is 15.0. The molecule has 4 N–H and O–H groups in total. The Morgan fingerprint density at radius 1 is 1.15 bits per heavy atom. The Bertz CT molecular complexity index is 1880. The number of hydrogen-bond donors (Lipinski definition) is 4. The van der Waals surface area contributed by atoms with E-state index in [9.17, 15) is 14.3 Å². The summed E-state index contributed by atoms with van der Waals surface area (Å²) in [5.41, 5.74) is 5.21. The zero-order valence-corrected chi connectivity index (χ0v) is 28.4. The number of benzene rings is 2. The smallest absolute Gasteiger partial charge is 0.229 e. The number of anilines is 2. The van der Waals surface area contributed by atoms with Gasteiger partial charge in [0.25, 0.3) is 0 Å². The number of aliphatic hydroxyl groups excluding tert-OH is 1. The summed E-state index contributed by atoms with van der Waals surface area (Å²) in [5, 5.41) is 26.9. The van der Waals surface area contributed by atoms with Crippen molar-refractivity contribution in [3.8, 4) is 11.3 Å². The van der Waals surface area contributed by atoms with Crippen LogP contribution in [0.1, 0.15) is 42.9 Å². The van der Waals surface area contributed by atoms with Crippen LogP contribution in [0.3, 0.4) is 0 Å². The van der Waals surface area contributed by atoms with Gasteiger partial charge in [0.2, 0.25) is 11.9 Å². The molecular formula is C34H41FN8O2S2. The number of halogens is 1. The predicted molar refractivity (Wildman–Crippen MR) is 195 cm³/mol. The fraction of sp³-hybridized carbons (Fsp3) is 0.324. The molecule has 6 rings (SSSR count).